The summed E-state index contributed by atoms with van der Waals surface area (Å²) < 4.78 is 0. The van der Waals surface area contributed by atoms with Crippen LogP contribution in [-0.2, 0) is 17.3 Å². The molecule has 4 nitrogen and oxygen atoms in total. The van der Waals surface area contributed by atoms with E-state index in [0.29, 0.717) is 11.1 Å². The number of benzene rings is 6. The number of nitriles is 2. The van der Waals surface area contributed by atoms with Gasteiger partial charge in [-0.3, -0.25) is 0 Å². The SMILES string of the molecule is CC12CCCCC1(C)N(c1ccc(C#N)cc1)c1ccc(-c3ccc4c(c3)Cc3cc(-c5ccc6c(c5)C5(C)CCCCC5(C)N6c5ccc(C#N)cc5)ccc3-4)cc12. The zero-order chi connectivity index (χ0) is 40.3. The van der Waals surface area contributed by atoms with Gasteiger partial charge in [0.25, 0.3) is 0 Å². The van der Waals surface area contributed by atoms with E-state index in [1.54, 1.807) is 0 Å². The van der Waals surface area contributed by atoms with Crippen molar-refractivity contribution in [1.82, 2.24) is 0 Å². The van der Waals surface area contributed by atoms with Gasteiger partial charge in [-0.15, -0.1) is 0 Å². The standard InChI is InChI=1S/C55H50N4/c1-52-25-5-7-27-54(52,3)58(44-17-9-36(34-56)10-18-44)50-23-15-40(32-48(50)52)38-13-21-46-42(29-38)31-43-30-39(14-22-47(43)46)41-16-24-51-49(33-41)53(2)26-6-8-28-55(53,4)59(51)45-19-11-37(35-57)12-20-45/h9-24,29-30,32-33H,5-8,25-28,31H2,1-4H3. The van der Waals surface area contributed by atoms with Crippen molar-refractivity contribution in [2.45, 2.75) is 107 Å². The third-order valence-electron chi connectivity index (χ3n) is 16.3. The van der Waals surface area contributed by atoms with Crippen molar-refractivity contribution in [3.8, 4) is 45.5 Å². The van der Waals surface area contributed by atoms with Gasteiger partial charge in [0, 0.05) is 33.6 Å². The number of hydrogen-bond donors (Lipinski definition) is 0. The first-order valence-electron chi connectivity index (χ1n) is 21.8. The second kappa shape index (κ2) is 12.7. The summed E-state index contributed by atoms with van der Waals surface area (Å²) in [6, 6.07) is 49.6. The van der Waals surface area contributed by atoms with Gasteiger partial charge in [-0.25, -0.2) is 0 Å². The second-order valence-corrected chi connectivity index (χ2v) is 19.0. The molecule has 0 bridgehead atoms. The van der Waals surface area contributed by atoms with Crippen molar-refractivity contribution in [1.29, 1.82) is 10.5 Å². The molecule has 59 heavy (non-hydrogen) atoms. The number of fused-ring (bicyclic) bond motifs is 9. The lowest BCUT2D eigenvalue weighted by Gasteiger charge is -2.50. The van der Waals surface area contributed by atoms with Gasteiger partial charge < -0.3 is 9.80 Å². The summed E-state index contributed by atoms with van der Waals surface area (Å²) >= 11 is 0. The average Bonchev–Trinajstić information content (AvgIpc) is 3.81. The molecule has 3 aliphatic carbocycles. The van der Waals surface area contributed by atoms with Crippen LogP contribution in [0.3, 0.4) is 0 Å². The van der Waals surface area contributed by atoms with Gasteiger partial charge in [-0.1, -0.05) is 88.1 Å². The minimum absolute atomic E-state index is 0.0281. The molecule has 4 unspecified atom stereocenters. The molecule has 0 saturated heterocycles. The van der Waals surface area contributed by atoms with Gasteiger partial charge >= 0.3 is 0 Å². The van der Waals surface area contributed by atoms with Gasteiger partial charge in [0.1, 0.15) is 0 Å². The van der Waals surface area contributed by atoms with Crippen LogP contribution in [0.1, 0.15) is 112 Å². The molecule has 0 radical (unpaired) electrons. The van der Waals surface area contributed by atoms with E-state index in [1.807, 2.05) is 24.3 Å². The van der Waals surface area contributed by atoms with Crippen LogP contribution in [0.5, 0.6) is 0 Å². The Hall–Kier alpha value is -6.10. The molecule has 4 heteroatoms. The Kier molecular flexibility index (Phi) is 7.75. The first-order valence-corrected chi connectivity index (χ1v) is 21.8. The van der Waals surface area contributed by atoms with Crippen LogP contribution in [0.25, 0.3) is 33.4 Å². The maximum atomic E-state index is 9.49. The number of anilines is 4. The number of rotatable bonds is 4. The lowest BCUT2D eigenvalue weighted by molar-refractivity contribution is 0.195. The molecule has 4 atom stereocenters. The Morgan fingerprint density at radius 1 is 0.441 bits per heavy atom. The summed E-state index contributed by atoms with van der Waals surface area (Å²) in [7, 11) is 0. The van der Waals surface area contributed by atoms with Crippen LogP contribution in [0, 0.1) is 22.7 Å². The van der Waals surface area contributed by atoms with Gasteiger partial charge in [0.05, 0.1) is 34.3 Å². The predicted molar refractivity (Wildman–Crippen MR) is 241 cm³/mol. The molecule has 0 N–H and O–H groups in total. The molecule has 2 fully saturated rings. The molecule has 290 valence electrons. The first kappa shape index (κ1) is 36.0. The zero-order valence-electron chi connectivity index (χ0n) is 34.7. The summed E-state index contributed by atoms with van der Waals surface area (Å²) in [6.07, 6.45) is 10.5. The van der Waals surface area contributed by atoms with Gasteiger partial charge in [0.2, 0.25) is 0 Å². The topological polar surface area (TPSA) is 54.1 Å². The molecular formula is C55H50N4. The van der Waals surface area contributed by atoms with Crippen molar-refractivity contribution in [3.63, 3.8) is 0 Å². The van der Waals surface area contributed by atoms with E-state index in [-0.39, 0.29) is 21.9 Å². The third-order valence-corrected chi connectivity index (χ3v) is 16.3. The molecule has 6 aromatic carbocycles. The number of nitrogens with zero attached hydrogens (tertiary/aromatic N) is 4. The second-order valence-electron chi connectivity index (χ2n) is 19.0. The van der Waals surface area contributed by atoms with E-state index < -0.39 is 0 Å². The van der Waals surface area contributed by atoms with E-state index in [0.717, 1.165) is 19.3 Å². The summed E-state index contributed by atoms with van der Waals surface area (Å²) in [5.74, 6) is 0. The summed E-state index contributed by atoms with van der Waals surface area (Å²) in [4.78, 5) is 5.17. The Labute approximate surface area is 349 Å². The van der Waals surface area contributed by atoms with Crippen LogP contribution >= 0.6 is 0 Å². The van der Waals surface area contributed by atoms with Crippen LogP contribution in [0.2, 0.25) is 0 Å². The predicted octanol–water partition coefficient (Wildman–Crippen LogP) is 13.8. The lowest BCUT2D eigenvalue weighted by Crippen LogP contribution is -2.54. The van der Waals surface area contributed by atoms with Crippen LogP contribution < -0.4 is 9.80 Å². The van der Waals surface area contributed by atoms with E-state index >= 15 is 0 Å². The maximum absolute atomic E-state index is 9.49. The van der Waals surface area contributed by atoms with Gasteiger partial charge in [0.15, 0.2) is 0 Å². The Morgan fingerprint density at radius 3 is 1.22 bits per heavy atom. The summed E-state index contributed by atoms with van der Waals surface area (Å²) in [5.41, 5.74) is 19.9. The van der Waals surface area contributed by atoms with E-state index in [9.17, 15) is 10.5 Å². The Balaban J connectivity index is 0.917. The minimum Gasteiger partial charge on any atom is -0.334 e. The van der Waals surface area contributed by atoms with Crippen LogP contribution in [0.15, 0.2) is 121 Å². The quantitative estimate of drug-likeness (QED) is 0.179. The van der Waals surface area contributed by atoms with Crippen molar-refractivity contribution < 1.29 is 0 Å². The summed E-state index contributed by atoms with van der Waals surface area (Å²) in [5, 5.41) is 19.0. The fraction of sp³-hybridized carbons (Fsp3) is 0.309. The molecule has 6 aromatic rings. The normalized spacial score (nSPS) is 25.9. The first-order chi connectivity index (χ1) is 28.6. The van der Waals surface area contributed by atoms with Crippen LogP contribution in [0.4, 0.5) is 22.7 Å². The Bertz CT molecular complexity index is 2610. The molecule has 0 amide bonds. The van der Waals surface area contributed by atoms with Crippen molar-refractivity contribution >= 4 is 22.7 Å². The molecule has 2 heterocycles. The number of hydrogen-bond acceptors (Lipinski definition) is 4. The molecule has 11 rings (SSSR count). The Morgan fingerprint density at radius 2 is 0.814 bits per heavy atom. The van der Waals surface area contributed by atoms with Crippen molar-refractivity contribution in [2.75, 3.05) is 9.80 Å². The monoisotopic (exact) mass is 766 g/mol. The highest BCUT2D eigenvalue weighted by Gasteiger charge is 2.59. The van der Waals surface area contributed by atoms with Crippen molar-refractivity contribution in [3.05, 3.63) is 155 Å². The largest absolute Gasteiger partial charge is 0.334 e. The highest BCUT2D eigenvalue weighted by molar-refractivity contribution is 5.86. The fourth-order valence-electron chi connectivity index (χ4n) is 12.6. The highest BCUT2D eigenvalue weighted by Crippen LogP contribution is 2.63. The minimum atomic E-state index is -0.0331. The van der Waals surface area contributed by atoms with Gasteiger partial charge in [-0.05, 0) is 174 Å². The lowest BCUT2D eigenvalue weighted by atomic mass is 9.61. The molecule has 2 saturated carbocycles. The van der Waals surface area contributed by atoms with Crippen LogP contribution in [-0.4, -0.2) is 11.1 Å². The fourth-order valence-corrected chi connectivity index (χ4v) is 12.6. The molecule has 0 aromatic heterocycles. The highest BCUT2D eigenvalue weighted by atomic mass is 15.3. The third kappa shape index (κ3) is 4.93. The van der Waals surface area contributed by atoms with E-state index in [2.05, 4.69) is 147 Å². The molecule has 0 spiro atoms. The molecular weight excluding hydrogens is 717 g/mol. The summed E-state index contributed by atoms with van der Waals surface area (Å²) in [6.45, 7) is 9.92. The molecule has 2 aliphatic heterocycles. The zero-order valence-corrected chi connectivity index (χ0v) is 34.7. The maximum Gasteiger partial charge on any atom is 0.0991 e. The average molecular weight is 767 g/mol. The smallest absolute Gasteiger partial charge is 0.0991 e. The van der Waals surface area contributed by atoms with Gasteiger partial charge in [-0.2, -0.15) is 10.5 Å². The van der Waals surface area contributed by atoms with E-state index in [1.165, 1.54) is 117 Å². The van der Waals surface area contributed by atoms with Crippen molar-refractivity contribution in [2.24, 2.45) is 0 Å². The molecule has 5 aliphatic rings. The van der Waals surface area contributed by atoms with E-state index in [4.69, 9.17) is 0 Å².